The van der Waals surface area contributed by atoms with Crippen molar-refractivity contribution < 1.29 is 19.4 Å². The highest BCUT2D eigenvalue weighted by molar-refractivity contribution is 5.90. The van der Waals surface area contributed by atoms with Crippen molar-refractivity contribution in [2.24, 2.45) is 11.8 Å². The Morgan fingerprint density at radius 3 is 2.86 bits per heavy atom. The van der Waals surface area contributed by atoms with Crippen LogP contribution in [0.1, 0.15) is 5.56 Å². The number of fused-ring (bicyclic) bond motifs is 1. The number of aliphatic carboxylic acids is 1. The molecule has 5 nitrogen and oxygen atoms in total. The van der Waals surface area contributed by atoms with Gasteiger partial charge in [0, 0.05) is 18.4 Å². The SMILES string of the molecule is O=C([O-])[C@H]1[C@@H]2C=C[C@]3(CN(CCc4ccccc4)C(=O)[C@H]13)O2. The number of carboxylic acids is 1. The van der Waals surface area contributed by atoms with E-state index in [1.54, 1.807) is 11.0 Å². The fraction of sp³-hybridized carbons (Fsp3) is 0.412. The average molecular weight is 298 g/mol. The Morgan fingerprint density at radius 2 is 2.14 bits per heavy atom. The number of hydrogen-bond acceptors (Lipinski definition) is 4. The summed E-state index contributed by atoms with van der Waals surface area (Å²) in [5, 5.41) is 11.4. The second-order valence-corrected chi connectivity index (χ2v) is 6.21. The summed E-state index contributed by atoms with van der Waals surface area (Å²) in [4.78, 5) is 25.7. The van der Waals surface area contributed by atoms with Gasteiger partial charge in [-0.1, -0.05) is 42.5 Å². The number of benzene rings is 1. The van der Waals surface area contributed by atoms with Crippen LogP contribution in [0.25, 0.3) is 0 Å². The molecular formula is C17H16NO4-. The van der Waals surface area contributed by atoms with Crippen LogP contribution < -0.4 is 5.11 Å². The van der Waals surface area contributed by atoms with Gasteiger partial charge in [-0.05, 0) is 12.0 Å². The molecule has 3 aliphatic rings. The topological polar surface area (TPSA) is 69.7 Å². The van der Waals surface area contributed by atoms with Crippen LogP contribution in [0.4, 0.5) is 0 Å². The molecular weight excluding hydrogens is 282 g/mol. The third kappa shape index (κ3) is 1.82. The van der Waals surface area contributed by atoms with E-state index < -0.39 is 29.5 Å². The van der Waals surface area contributed by atoms with Gasteiger partial charge >= 0.3 is 0 Å². The lowest BCUT2D eigenvalue weighted by molar-refractivity contribution is -0.313. The maximum Gasteiger partial charge on any atom is 0.229 e. The molecule has 0 aliphatic carbocycles. The molecule has 0 unspecified atom stereocenters. The normalized spacial score (nSPS) is 35.2. The Balaban J connectivity index is 1.53. The van der Waals surface area contributed by atoms with Crippen LogP contribution >= 0.6 is 0 Å². The Morgan fingerprint density at radius 1 is 1.36 bits per heavy atom. The number of carbonyl (C=O) groups is 2. The van der Waals surface area contributed by atoms with Gasteiger partial charge in [0.05, 0.1) is 18.6 Å². The van der Waals surface area contributed by atoms with E-state index in [0.717, 1.165) is 12.0 Å². The van der Waals surface area contributed by atoms with Crippen LogP contribution in [0.3, 0.4) is 0 Å². The summed E-state index contributed by atoms with van der Waals surface area (Å²) in [5.74, 6) is -2.82. The van der Waals surface area contributed by atoms with Gasteiger partial charge in [0.25, 0.3) is 0 Å². The minimum absolute atomic E-state index is 0.128. The molecule has 1 amide bonds. The van der Waals surface area contributed by atoms with Crippen LogP contribution in [0.2, 0.25) is 0 Å². The van der Waals surface area contributed by atoms with E-state index >= 15 is 0 Å². The predicted octanol–water partition coefficient (Wildman–Crippen LogP) is -0.239. The fourth-order valence-electron chi connectivity index (χ4n) is 3.95. The van der Waals surface area contributed by atoms with Crippen LogP contribution in [-0.4, -0.2) is 41.6 Å². The summed E-state index contributed by atoms with van der Waals surface area (Å²) < 4.78 is 5.82. The average Bonchev–Trinajstić information content (AvgIpc) is 3.14. The van der Waals surface area contributed by atoms with E-state index in [4.69, 9.17) is 4.74 Å². The molecule has 4 atom stereocenters. The molecule has 0 radical (unpaired) electrons. The standard InChI is InChI=1S/C17H17NO4/c19-15-14-13(16(20)21)12-6-8-17(14,22-12)10-18(15)9-7-11-4-2-1-3-5-11/h1-6,8,12-14H,7,9-10H2,(H,20,21)/p-1/t12-,13-,14-,17+/m0/s1. The van der Waals surface area contributed by atoms with Gasteiger partial charge in [0.2, 0.25) is 5.91 Å². The minimum Gasteiger partial charge on any atom is -0.550 e. The van der Waals surface area contributed by atoms with Gasteiger partial charge < -0.3 is 19.5 Å². The second-order valence-electron chi connectivity index (χ2n) is 6.21. The first-order chi connectivity index (χ1) is 10.6. The van der Waals surface area contributed by atoms with Crippen molar-refractivity contribution in [3.8, 4) is 0 Å². The van der Waals surface area contributed by atoms with Crippen molar-refractivity contribution in [1.29, 1.82) is 0 Å². The first-order valence-corrected chi connectivity index (χ1v) is 7.51. The predicted molar refractivity (Wildman–Crippen MR) is 75.5 cm³/mol. The van der Waals surface area contributed by atoms with Gasteiger partial charge in [0.1, 0.15) is 5.60 Å². The summed E-state index contributed by atoms with van der Waals surface area (Å²) in [6, 6.07) is 9.93. The van der Waals surface area contributed by atoms with Crippen molar-refractivity contribution in [2.45, 2.75) is 18.1 Å². The first-order valence-electron chi connectivity index (χ1n) is 7.51. The third-order valence-corrected chi connectivity index (χ3v) is 4.96. The van der Waals surface area contributed by atoms with Crippen molar-refractivity contribution in [1.82, 2.24) is 4.90 Å². The Bertz CT molecular complexity index is 656. The zero-order valence-electron chi connectivity index (χ0n) is 12.0. The highest BCUT2D eigenvalue weighted by atomic mass is 16.5. The molecule has 2 saturated heterocycles. The molecule has 4 rings (SSSR count). The monoisotopic (exact) mass is 298 g/mol. The molecule has 3 heterocycles. The number of ether oxygens (including phenoxy) is 1. The molecule has 0 saturated carbocycles. The van der Waals surface area contributed by atoms with Crippen LogP contribution in [-0.2, 0) is 20.7 Å². The summed E-state index contributed by atoms with van der Waals surface area (Å²) >= 11 is 0. The van der Waals surface area contributed by atoms with Crippen molar-refractivity contribution >= 4 is 11.9 Å². The van der Waals surface area contributed by atoms with E-state index in [-0.39, 0.29) is 5.91 Å². The van der Waals surface area contributed by atoms with E-state index in [1.807, 2.05) is 36.4 Å². The molecule has 1 aromatic rings. The Kier molecular flexibility index (Phi) is 2.87. The fourth-order valence-corrected chi connectivity index (χ4v) is 3.95. The second kappa shape index (κ2) is 4.68. The van der Waals surface area contributed by atoms with E-state index in [2.05, 4.69) is 0 Å². The van der Waals surface area contributed by atoms with Crippen LogP contribution in [0.5, 0.6) is 0 Å². The highest BCUT2D eigenvalue weighted by Crippen LogP contribution is 2.51. The summed E-state index contributed by atoms with van der Waals surface area (Å²) in [6.45, 7) is 1.00. The maximum atomic E-state index is 12.6. The Hall–Kier alpha value is -2.14. The lowest BCUT2D eigenvalue weighted by atomic mass is 9.77. The Labute approximate surface area is 128 Å². The van der Waals surface area contributed by atoms with Gasteiger partial charge in [-0.15, -0.1) is 0 Å². The van der Waals surface area contributed by atoms with Gasteiger partial charge in [-0.3, -0.25) is 4.79 Å². The van der Waals surface area contributed by atoms with E-state index in [1.165, 1.54) is 0 Å². The van der Waals surface area contributed by atoms with Crippen LogP contribution in [0.15, 0.2) is 42.5 Å². The summed E-state index contributed by atoms with van der Waals surface area (Å²) in [7, 11) is 0. The first kappa shape index (κ1) is 13.5. The lowest BCUT2D eigenvalue weighted by Gasteiger charge is -2.24. The van der Waals surface area contributed by atoms with Crippen molar-refractivity contribution in [3.63, 3.8) is 0 Å². The van der Waals surface area contributed by atoms with Gasteiger partial charge in [-0.25, -0.2) is 0 Å². The third-order valence-electron chi connectivity index (χ3n) is 4.96. The zero-order chi connectivity index (χ0) is 15.3. The number of rotatable bonds is 4. The lowest BCUT2D eigenvalue weighted by Crippen LogP contribution is -2.45. The minimum atomic E-state index is -1.19. The van der Waals surface area contributed by atoms with Gasteiger partial charge in [-0.2, -0.15) is 0 Å². The number of likely N-dealkylation sites (tertiary alicyclic amines) is 1. The largest absolute Gasteiger partial charge is 0.550 e. The molecule has 114 valence electrons. The number of carbonyl (C=O) groups excluding carboxylic acids is 2. The molecule has 2 fully saturated rings. The molecule has 1 spiro atoms. The van der Waals surface area contributed by atoms with Crippen LogP contribution in [0, 0.1) is 11.8 Å². The number of amides is 1. The van der Waals surface area contributed by atoms with E-state index in [0.29, 0.717) is 13.1 Å². The smallest absolute Gasteiger partial charge is 0.229 e. The molecule has 2 bridgehead atoms. The van der Waals surface area contributed by atoms with Crippen molar-refractivity contribution in [3.05, 3.63) is 48.0 Å². The highest BCUT2D eigenvalue weighted by Gasteiger charge is 2.65. The molecule has 22 heavy (non-hydrogen) atoms. The van der Waals surface area contributed by atoms with E-state index in [9.17, 15) is 14.7 Å². The number of carboxylic acid groups (broad SMARTS) is 1. The number of hydrogen-bond donors (Lipinski definition) is 0. The number of nitrogens with zero attached hydrogens (tertiary/aromatic N) is 1. The quantitative estimate of drug-likeness (QED) is 0.720. The molecule has 0 aromatic heterocycles. The molecule has 3 aliphatic heterocycles. The molecule has 5 heteroatoms. The molecule has 0 N–H and O–H groups in total. The summed E-state index contributed by atoms with van der Waals surface area (Å²) in [6.07, 6.45) is 3.85. The summed E-state index contributed by atoms with van der Waals surface area (Å²) in [5.41, 5.74) is 0.394. The zero-order valence-corrected chi connectivity index (χ0v) is 12.0. The maximum absolute atomic E-state index is 12.6. The van der Waals surface area contributed by atoms with Crippen molar-refractivity contribution in [2.75, 3.05) is 13.1 Å². The van der Waals surface area contributed by atoms with Gasteiger partial charge in [0.15, 0.2) is 0 Å². The molecule has 1 aromatic carbocycles.